The molecule has 0 aliphatic heterocycles. The zero-order valence-electron chi connectivity index (χ0n) is 11.9. The highest BCUT2D eigenvalue weighted by atomic mass is 15.4. The third kappa shape index (κ3) is 2.69. The zero-order valence-corrected chi connectivity index (χ0v) is 11.9. The molecular weight excluding hydrogens is 224 g/mol. The van der Waals surface area contributed by atoms with Crippen molar-refractivity contribution in [2.24, 2.45) is 18.7 Å². The Morgan fingerprint density at radius 1 is 1.39 bits per heavy atom. The standard InChI is InChI=1S/C14H26N4/c1-11-13(8-9-15)14(18(3)16-11)17(2)10-12-6-4-5-7-12/h12H,4-10,15H2,1-3H3. The maximum absolute atomic E-state index is 5.72. The van der Waals surface area contributed by atoms with Crippen molar-refractivity contribution in [3.8, 4) is 0 Å². The summed E-state index contributed by atoms with van der Waals surface area (Å²) in [6.45, 7) is 3.92. The Kier molecular flexibility index (Phi) is 4.27. The van der Waals surface area contributed by atoms with Crippen molar-refractivity contribution in [1.82, 2.24) is 9.78 Å². The van der Waals surface area contributed by atoms with Crippen LogP contribution in [0.1, 0.15) is 36.9 Å². The van der Waals surface area contributed by atoms with Gasteiger partial charge in [0.25, 0.3) is 0 Å². The molecule has 2 rings (SSSR count). The average molecular weight is 250 g/mol. The van der Waals surface area contributed by atoms with Gasteiger partial charge in [-0.2, -0.15) is 5.10 Å². The summed E-state index contributed by atoms with van der Waals surface area (Å²) in [7, 11) is 4.22. The van der Waals surface area contributed by atoms with Crippen molar-refractivity contribution in [3.63, 3.8) is 0 Å². The van der Waals surface area contributed by atoms with Gasteiger partial charge < -0.3 is 10.6 Å². The molecule has 1 heterocycles. The molecule has 18 heavy (non-hydrogen) atoms. The lowest BCUT2D eigenvalue weighted by Gasteiger charge is -2.24. The maximum Gasteiger partial charge on any atom is 0.129 e. The summed E-state index contributed by atoms with van der Waals surface area (Å²) in [5.74, 6) is 2.11. The van der Waals surface area contributed by atoms with Crippen LogP contribution in [-0.4, -0.2) is 29.9 Å². The minimum atomic E-state index is 0.691. The molecule has 4 heteroatoms. The van der Waals surface area contributed by atoms with E-state index in [1.54, 1.807) is 0 Å². The fourth-order valence-corrected chi connectivity index (χ4v) is 3.27. The summed E-state index contributed by atoms with van der Waals surface area (Å²) in [6, 6.07) is 0. The second kappa shape index (κ2) is 5.74. The Balaban J connectivity index is 2.14. The number of hydrogen-bond donors (Lipinski definition) is 1. The molecule has 1 aromatic heterocycles. The van der Waals surface area contributed by atoms with Crippen LogP contribution in [0.5, 0.6) is 0 Å². The normalized spacial score (nSPS) is 16.4. The number of rotatable bonds is 5. The highest BCUT2D eigenvalue weighted by Gasteiger charge is 2.21. The van der Waals surface area contributed by atoms with Gasteiger partial charge in [-0.3, -0.25) is 4.68 Å². The average Bonchev–Trinajstić information content (AvgIpc) is 2.89. The van der Waals surface area contributed by atoms with Crippen molar-refractivity contribution in [2.45, 2.75) is 39.0 Å². The highest BCUT2D eigenvalue weighted by molar-refractivity contribution is 5.49. The molecule has 0 spiro atoms. The predicted molar refractivity (Wildman–Crippen MR) is 75.9 cm³/mol. The number of anilines is 1. The van der Waals surface area contributed by atoms with Crippen molar-refractivity contribution in [1.29, 1.82) is 0 Å². The summed E-state index contributed by atoms with van der Waals surface area (Å²) < 4.78 is 2.01. The Hall–Kier alpha value is -1.03. The van der Waals surface area contributed by atoms with E-state index in [-0.39, 0.29) is 0 Å². The van der Waals surface area contributed by atoms with Gasteiger partial charge in [0.1, 0.15) is 5.82 Å². The van der Waals surface area contributed by atoms with E-state index in [4.69, 9.17) is 5.73 Å². The van der Waals surface area contributed by atoms with Crippen molar-refractivity contribution < 1.29 is 0 Å². The van der Waals surface area contributed by atoms with Crippen LogP contribution in [-0.2, 0) is 13.5 Å². The van der Waals surface area contributed by atoms with E-state index < -0.39 is 0 Å². The van der Waals surface area contributed by atoms with Crippen molar-refractivity contribution in [3.05, 3.63) is 11.3 Å². The summed E-state index contributed by atoms with van der Waals surface area (Å²) in [4.78, 5) is 2.38. The van der Waals surface area contributed by atoms with E-state index >= 15 is 0 Å². The largest absolute Gasteiger partial charge is 0.359 e. The van der Waals surface area contributed by atoms with Gasteiger partial charge in [0.15, 0.2) is 0 Å². The van der Waals surface area contributed by atoms with Crippen LogP contribution in [0, 0.1) is 12.8 Å². The molecule has 0 unspecified atom stereocenters. The molecule has 1 aliphatic carbocycles. The lowest BCUT2D eigenvalue weighted by molar-refractivity contribution is 0.539. The highest BCUT2D eigenvalue weighted by Crippen LogP contribution is 2.29. The molecule has 1 aliphatic rings. The quantitative estimate of drug-likeness (QED) is 0.867. The Labute approximate surface area is 110 Å². The first-order chi connectivity index (χ1) is 8.63. The van der Waals surface area contributed by atoms with E-state index in [1.165, 1.54) is 37.1 Å². The zero-order chi connectivity index (χ0) is 13.1. The fraction of sp³-hybridized carbons (Fsp3) is 0.786. The number of aryl methyl sites for hydroxylation is 2. The van der Waals surface area contributed by atoms with E-state index in [0.717, 1.165) is 24.6 Å². The monoisotopic (exact) mass is 250 g/mol. The minimum Gasteiger partial charge on any atom is -0.359 e. The van der Waals surface area contributed by atoms with Gasteiger partial charge in [-0.05, 0) is 38.6 Å². The molecular formula is C14H26N4. The molecule has 4 nitrogen and oxygen atoms in total. The molecule has 0 aromatic carbocycles. The maximum atomic E-state index is 5.72. The van der Waals surface area contributed by atoms with Crippen LogP contribution < -0.4 is 10.6 Å². The van der Waals surface area contributed by atoms with E-state index in [1.807, 2.05) is 11.7 Å². The molecule has 1 saturated carbocycles. The third-order valence-electron chi connectivity index (χ3n) is 4.08. The Bertz CT molecular complexity index is 391. The van der Waals surface area contributed by atoms with Gasteiger partial charge in [0, 0.05) is 26.2 Å². The first-order valence-electron chi connectivity index (χ1n) is 7.07. The molecule has 0 bridgehead atoms. The Morgan fingerprint density at radius 3 is 2.67 bits per heavy atom. The number of nitrogens with two attached hydrogens (primary N) is 1. The second-order valence-corrected chi connectivity index (χ2v) is 5.58. The minimum absolute atomic E-state index is 0.691. The van der Waals surface area contributed by atoms with Crippen LogP contribution in [0.2, 0.25) is 0 Å². The van der Waals surface area contributed by atoms with Gasteiger partial charge >= 0.3 is 0 Å². The van der Waals surface area contributed by atoms with Crippen LogP contribution in [0.4, 0.5) is 5.82 Å². The fourth-order valence-electron chi connectivity index (χ4n) is 3.27. The van der Waals surface area contributed by atoms with E-state index in [0.29, 0.717) is 6.54 Å². The van der Waals surface area contributed by atoms with Gasteiger partial charge in [-0.25, -0.2) is 0 Å². The van der Waals surface area contributed by atoms with Crippen LogP contribution in [0.25, 0.3) is 0 Å². The van der Waals surface area contributed by atoms with Crippen LogP contribution >= 0.6 is 0 Å². The van der Waals surface area contributed by atoms with Gasteiger partial charge in [-0.15, -0.1) is 0 Å². The summed E-state index contributed by atoms with van der Waals surface area (Å²) in [6.07, 6.45) is 6.49. The number of hydrogen-bond acceptors (Lipinski definition) is 3. The van der Waals surface area contributed by atoms with E-state index in [9.17, 15) is 0 Å². The SMILES string of the molecule is Cc1nn(C)c(N(C)CC2CCCC2)c1CCN. The van der Waals surface area contributed by atoms with Crippen LogP contribution in [0.15, 0.2) is 0 Å². The topological polar surface area (TPSA) is 47.1 Å². The van der Waals surface area contributed by atoms with E-state index in [2.05, 4.69) is 24.0 Å². The molecule has 102 valence electrons. The molecule has 2 N–H and O–H groups in total. The molecule has 1 fully saturated rings. The van der Waals surface area contributed by atoms with Crippen LogP contribution in [0.3, 0.4) is 0 Å². The predicted octanol–water partition coefficient (Wildman–Crippen LogP) is 1.86. The third-order valence-corrected chi connectivity index (χ3v) is 4.08. The Morgan fingerprint density at radius 2 is 2.06 bits per heavy atom. The first-order valence-corrected chi connectivity index (χ1v) is 7.07. The number of aromatic nitrogens is 2. The van der Waals surface area contributed by atoms with Crippen molar-refractivity contribution >= 4 is 5.82 Å². The summed E-state index contributed by atoms with van der Waals surface area (Å²) in [5.41, 5.74) is 8.16. The smallest absolute Gasteiger partial charge is 0.129 e. The first kappa shape index (κ1) is 13.4. The lowest BCUT2D eigenvalue weighted by Crippen LogP contribution is -2.27. The summed E-state index contributed by atoms with van der Waals surface area (Å²) in [5, 5.41) is 4.54. The van der Waals surface area contributed by atoms with Gasteiger partial charge in [0.2, 0.25) is 0 Å². The van der Waals surface area contributed by atoms with Gasteiger partial charge in [-0.1, -0.05) is 12.8 Å². The molecule has 1 aromatic rings. The molecule has 0 atom stereocenters. The molecule has 0 amide bonds. The lowest BCUT2D eigenvalue weighted by atomic mass is 10.1. The molecule has 0 radical (unpaired) electrons. The molecule has 0 saturated heterocycles. The van der Waals surface area contributed by atoms with Crippen molar-refractivity contribution in [2.75, 3.05) is 25.0 Å². The number of nitrogens with zero attached hydrogens (tertiary/aromatic N) is 3. The van der Waals surface area contributed by atoms with Gasteiger partial charge in [0.05, 0.1) is 5.69 Å². The second-order valence-electron chi connectivity index (χ2n) is 5.58. The summed E-state index contributed by atoms with van der Waals surface area (Å²) >= 11 is 0.